The molecule has 0 radical (unpaired) electrons. The van der Waals surface area contributed by atoms with Crippen LogP contribution < -0.4 is 0 Å². The molecule has 2 saturated heterocycles. The predicted molar refractivity (Wildman–Crippen MR) is 96.2 cm³/mol. The molecule has 1 aromatic carbocycles. The minimum absolute atomic E-state index is 0.0987. The highest BCUT2D eigenvalue weighted by Gasteiger charge is 2.48. The molecule has 0 aromatic heterocycles. The molecule has 2 aliphatic heterocycles. The molecular weight excluding hydrogens is 319 g/mol. The molecule has 0 aliphatic carbocycles. The predicted octanol–water partition coefficient (Wildman–Crippen LogP) is 3.10. The fourth-order valence-electron chi connectivity index (χ4n) is 3.86. The van der Waals surface area contributed by atoms with Crippen molar-refractivity contribution in [3.8, 4) is 0 Å². The number of aryl methyl sites for hydroxylation is 1. The van der Waals surface area contributed by atoms with E-state index in [2.05, 4.69) is 18.7 Å². The molecular formula is C20H29FN2O2. The Kier molecular flexibility index (Phi) is 5.44. The molecule has 1 amide bonds. The van der Waals surface area contributed by atoms with E-state index in [0.29, 0.717) is 30.1 Å². The van der Waals surface area contributed by atoms with Crippen LogP contribution in [-0.2, 0) is 4.74 Å². The number of amides is 1. The maximum atomic E-state index is 13.7. The lowest BCUT2D eigenvalue weighted by atomic mass is 9.82. The zero-order chi connectivity index (χ0) is 18.0. The second-order valence-corrected chi connectivity index (χ2v) is 7.51. The monoisotopic (exact) mass is 348 g/mol. The smallest absolute Gasteiger partial charge is 0.254 e. The van der Waals surface area contributed by atoms with Crippen molar-refractivity contribution in [3.63, 3.8) is 0 Å². The second-order valence-electron chi connectivity index (χ2n) is 7.51. The number of hydrogen-bond donors (Lipinski definition) is 0. The minimum Gasteiger partial charge on any atom is -0.371 e. The van der Waals surface area contributed by atoms with Gasteiger partial charge in [0.1, 0.15) is 11.4 Å². The number of likely N-dealkylation sites (tertiary alicyclic amines) is 1. The summed E-state index contributed by atoms with van der Waals surface area (Å²) < 4.78 is 19.8. The molecule has 3 rings (SSSR count). The number of nitrogens with zero attached hydrogens (tertiary/aromatic N) is 2. The number of benzene rings is 1. The molecule has 138 valence electrons. The number of rotatable bonds is 5. The maximum Gasteiger partial charge on any atom is 0.254 e. The van der Waals surface area contributed by atoms with Crippen LogP contribution in [0.25, 0.3) is 0 Å². The zero-order valence-corrected chi connectivity index (χ0v) is 15.6. The minimum atomic E-state index is -0.325. The average Bonchev–Trinajstić information content (AvgIpc) is 2.60. The SMILES string of the molecule is CCN(CC)CC1CCC2(CN(C(=O)c3ccc(C)c(F)c3)C2)OC1. The van der Waals surface area contributed by atoms with Gasteiger partial charge in [-0.2, -0.15) is 0 Å². The lowest BCUT2D eigenvalue weighted by molar-refractivity contribution is -0.168. The Balaban J connectivity index is 1.51. The normalized spacial score (nSPS) is 22.3. The third-order valence-corrected chi connectivity index (χ3v) is 5.71. The summed E-state index contributed by atoms with van der Waals surface area (Å²) in [5.74, 6) is 0.161. The Bertz CT molecular complexity index is 614. The molecule has 0 bridgehead atoms. The van der Waals surface area contributed by atoms with E-state index in [1.165, 1.54) is 6.07 Å². The van der Waals surface area contributed by atoms with Crippen LogP contribution >= 0.6 is 0 Å². The van der Waals surface area contributed by atoms with E-state index >= 15 is 0 Å². The standard InChI is InChI=1S/C20H29FN2O2/c1-4-22(5-2)11-16-8-9-20(25-12-16)13-23(14-20)19(24)17-7-6-15(3)18(21)10-17/h6-7,10,16H,4-5,8-9,11-14H2,1-3H3. The Morgan fingerprint density at radius 3 is 2.64 bits per heavy atom. The summed E-state index contributed by atoms with van der Waals surface area (Å²) in [6.45, 7) is 11.4. The Labute approximate surface area is 149 Å². The molecule has 1 unspecified atom stereocenters. The van der Waals surface area contributed by atoms with Crippen molar-refractivity contribution >= 4 is 5.91 Å². The summed E-state index contributed by atoms with van der Waals surface area (Å²) >= 11 is 0. The second kappa shape index (κ2) is 7.42. The first-order chi connectivity index (χ1) is 12.0. The summed E-state index contributed by atoms with van der Waals surface area (Å²) in [5, 5.41) is 0. The van der Waals surface area contributed by atoms with E-state index in [1.54, 1.807) is 24.0 Å². The fourth-order valence-corrected chi connectivity index (χ4v) is 3.86. The van der Waals surface area contributed by atoms with Gasteiger partial charge in [0.05, 0.1) is 19.7 Å². The van der Waals surface area contributed by atoms with E-state index in [-0.39, 0.29) is 17.3 Å². The van der Waals surface area contributed by atoms with Crippen LogP contribution in [0.1, 0.15) is 42.6 Å². The third kappa shape index (κ3) is 3.87. The average molecular weight is 348 g/mol. The van der Waals surface area contributed by atoms with Crippen LogP contribution in [0.2, 0.25) is 0 Å². The lowest BCUT2D eigenvalue weighted by Gasteiger charge is -2.53. The van der Waals surface area contributed by atoms with Crippen LogP contribution in [-0.4, -0.2) is 60.6 Å². The van der Waals surface area contributed by atoms with Crippen LogP contribution in [0, 0.1) is 18.7 Å². The Morgan fingerprint density at radius 2 is 2.08 bits per heavy atom. The van der Waals surface area contributed by atoms with Gasteiger partial charge in [0.25, 0.3) is 5.91 Å². The van der Waals surface area contributed by atoms with Gasteiger partial charge < -0.3 is 14.5 Å². The molecule has 1 atom stereocenters. The number of hydrogen-bond acceptors (Lipinski definition) is 3. The lowest BCUT2D eigenvalue weighted by Crippen LogP contribution is -2.66. The third-order valence-electron chi connectivity index (χ3n) is 5.71. The molecule has 25 heavy (non-hydrogen) atoms. The van der Waals surface area contributed by atoms with E-state index < -0.39 is 0 Å². The molecule has 1 aromatic rings. The largest absolute Gasteiger partial charge is 0.371 e. The van der Waals surface area contributed by atoms with Gasteiger partial charge in [-0.1, -0.05) is 19.9 Å². The molecule has 4 nitrogen and oxygen atoms in total. The number of halogens is 1. The van der Waals surface area contributed by atoms with E-state index in [1.807, 2.05) is 0 Å². The number of carbonyl (C=O) groups is 1. The highest BCUT2D eigenvalue weighted by Crippen LogP contribution is 2.37. The summed E-state index contributed by atoms with van der Waals surface area (Å²) in [4.78, 5) is 16.7. The van der Waals surface area contributed by atoms with Crippen molar-refractivity contribution < 1.29 is 13.9 Å². The fraction of sp³-hybridized carbons (Fsp3) is 0.650. The molecule has 1 spiro atoms. The van der Waals surface area contributed by atoms with Gasteiger partial charge in [-0.25, -0.2) is 4.39 Å². The first-order valence-electron chi connectivity index (χ1n) is 9.38. The molecule has 0 N–H and O–H groups in total. The van der Waals surface area contributed by atoms with Crippen molar-refractivity contribution in [3.05, 3.63) is 35.1 Å². The zero-order valence-electron chi connectivity index (χ0n) is 15.6. The number of ether oxygens (including phenoxy) is 1. The van der Waals surface area contributed by atoms with Crippen LogP contribution in [0.3, 0.4) is 0 Å². The summed E-state index contributed by atoms with van der Waals surface area (Å²) in [6, 6.07) is 4.70. The van der Waals surface area contributed by atoms with Gasteiger partial charge in [0, 0.05) is 12.1 Å². The highest BCUT2D eigenvalue weighted by molar-refractivity contribution is 5.95. The van der Waals surface area contributed by atoms with Gasteiger partial charge in [-0.15, -0.1) is 0 Å². The first kappa shape index (κ1) is 18.3. The molecule has 5 heteroatoms. The van der Waals surface area contributed by atoms with Gasteiger partial charge in [-0.05, 0) is 56.5 Å². The quantitative estimate of drug-likeness (QED) is 0.820. The van der Waals surface area contributed by atoms with Crippen molar-refractivity contribution in [1.82, 2.24) is 9.80 Å². The molecule has 2 heterocycles. The number of carbonyl (C=O) groups excluding carboxylic acids is 1. The molecule has 2 aliphatic rings. The van der Waals surface area contributed by atoms with Crippen molar-refractivity contribution in [2.24, 2.45) is 5.92 Å². The van der Waals surface area contributed by atoms with Crippen LogP contribution in [0.5, 0.6) is 0 Å². The van der Waals surface area contributed by atoms with E-state index in [4.69, 9.17) is 4.74 Å². The Hall–Kier alpha value is -1.46. The van der Waals surface area contributed by atoms with E-state index in [0.717, 1.165) is 39.1 Å². The van der Waals surface area contributed by atoms with Gasteiger partial charge in [0.15, 0.2) is 0 Å². The topological polar surface area (TPSA) is 32.8 Å². The van der Waals surface area contributed by atoms with Crippen LogP contribution in [0.4, 0.5) is 4.39 Å². The van der Waals surface area contributed by atoms with Crippen molar-refractivity contribution in [2.45, 2.75) is 39.2 Å². The Morgan fingerprint density at radius 1 is 1.36 bits per heavy atom. The van der Waals surface area contributed by atoms with Gasteiger partial charge >= 0.3 is 0 Å². The van der Waals surface area contributed by atoms with Gasteiger partial charge in [-0.3, -0.25) is 4.79 Å². The molecule has 2 fully saturated rings. The van der Waals surface area contributed by atoms with E-state index in [9.17, 15) is 9.18 Å². The summed E-state index contributed by atoms with van der Waals surface area (Å²) in [5.41, 5.74) is 0.818. The van der Waals surface area contributed by atoms with Crippen molar-refractivity contribution in [1.29, 1.82) is 0 Å². The first-order valence-corrected chi connectivity index (χ1v) is 9.38. The van der Waals surface area contributed by atoms with Crippen molar-refractivity contribution in [2.75, 3.05) is 39.3 Å². The highest BCUT2D eigenvalue weighted by atomic mass is 19.1. The van der Waals surface area contributed by atoms with Gasteiger partial charge in [0.2, 0.25) is 0 Å². The molecule has 0 saturated carbocycles. The summed E-state index contributed by atoms with van der Waals surface area (Å²) in [7, 11) is 0. The summed E-state index contributed by atoms with van der Waals surface area (Å²) in [6.07, 6.45) is 2.16. The van der Waals surface area contributed by atoms with Crippen LogP contribution in [0.15, 0.2) is 18.2 Å². The maximum absolute atomic E-state index is 13.7.